The van der Waals surface area contributed by atoms with E-state index in [0.29, 0.717) is 5.65 Å². The fourth-order valence-electron chi connectivity index (χ4n) is 2.90. The molecule has 0 spiro atoms. The van der Waals surface area contributed by atoms with Crippen LogP contribution in [0.5, 0.6) is 0 Å². The minimum atomic E-state index is 0.669. The first-order valence-corrected chi connectivity index (χ1v) is 7.66. The predicted octanol–water partition coefficient (Wildman–Crippen LogP) is 3.09. The molecule has 0 unspecified atom stereocenters. The topological polar surface area (TPSA) is 69.7 Å². The monoisotopic (exact) mass is 294 g/mol. The van der Waals surface area contributed by atoms with E-state index >= 15 is 0 Å². The Kier molecular flexibility index (Phi) is 3.34. The van der Waals surface area contributed by atoms with E-state index in [1.165, 1.54) is 31.3 Å². The van der Waals surface area contributed by atoms with Crippen molar-refractivity contribution in [2.45, 2.75) is 19.3 Å². The summed E-state index contributed by atoms with van der Waals surface area (Å²) in [6.07, 6.45) is 7.08. The van der Waals surface area contributed by atoms with Crippen LogP contribution in [0.3, 0.4) is 0 Å². The molecule has 1 aliphatic heterocycles. The second-order valence-electron chi connectivity index (χ2n) is 5.54. The van der Waals surface area contributed by atoms with E-state index in [1.54, 1.807) is 6.33 Å². The number of aromatic nitrogens is 4. The third kappa shape index (κ3) is 2.47. The van der Waals surface area contributed by atoms with E-state index in [4.69, 9.17) is 0 Å². The van der Waals surface area contributed by atoms with Crippen LogP contribution >= 0.6 is 0 Å². The first kappa shape index (κ1) is 13.1. The van der Waals surface area contributed by atoms with E-state index in [2.05, 4.69) is 54.4 Å². The van der Waals surface area contributed by atoms with Crippen LogP contribution in [-0.2, 0) is 0 Å². The molecule has 0 radical (unpaired) electrons. The molecule has 112 valence electrons. The molecule has 6 nitrogen and oxygen atoms in total. The molecule has 1 aromatic carbocycles. The van der Waals surface area contributed by atoms with Crippen LogP contribution in [-0.4, -0.2) is 33.0 Å². The van der Waals surface area contributed by atoms with Crippen LogP contribution in [0.1, 0.15) is 19.3 Å². The largest absolute Gasteiger partial charge is 0.372 e. The summed E-state index contributed by atoms with van der Waals surface area (Å²) >= 11 is 0. The van der Waals surface area contributed by atoms with Gasteiger partial charge in [-0.2, -0.15) is 0 Å². The second-order valence-corrected chi connectivity index (χ2v) is 5.54. The summed E-state index contributed by atoms with van der Waals surface area (Å²) < 4.78 is 0. The van der Waals surface area contributed by atoms with Gasteiger partial charge in [0.15, 0.2) is 11.5 Å². The Morgan fingerprint density at radius 1 is 0.955 bits per heavy atom. The molecule has 22 heavy (non-hydrogen) atoms. The standard InChI is InChI=1S/C16H18N6/c1-2-8-22(9-3-1)13-6-4-12(5-7-13)21-16-14-15(18-10-17-14)19-11-20-16/h4-7,10-11H,1-3,8-9H2,(H2,17,18,19,20,21). The summed E-state index contributed by atoms with van der Waals surface area (Å²) in [5, 5.41) is 3.32. The summed E-state index contributed by atoms with van der Waals surface area (Å²) in [6.45, 7) is 2.32. The van der Waals surface area contributed by atoms with Crippen LogP contribution in [0, 0.1) is 0 Å². The molecule has 3 heterocycles. The maximum Gasteiger partial charge on any atom is 0.182 e. The second kappa shape index (κ2) is 5.63. The predicted molar refractivity (Wildman–Crippen MR) is 87.5 cm³/mol. The highest BCUT2D eigenvalue weighted by Crippen LogP contribution is 2.24. The van der Waals surface area contributed by atoms with Gasteiger partial charge in [-0.25, -0.2) is 15.0 Å². The van der Waals surface area contributed by atoms with Crippen LogP contribution < -0.4 is 10.2 Å². The quantitative estimate of drug-likeness (QED) is 0.777. The van der Waals surface area contributed by atoms with Crippen molar-refractivity contribution in [2.75, 3.05) is 23.3 Å². The number of H-pyrrole nitrogens is 1. The van der Waals surface area contributed by atoms with Crippen molar-refractivity contribution in [1.29, 1.82) is 0 Å². The number of imidazole rings is 1. The highest BCUT2D eigenvalue weighted by molar-refractivity contribution is 5.84. The minimum absolute atomic E-state index is 0.669. The third-order valence-electron chi connectivity index (χ3n) is 4.07. The highest BCUT2D eigenvalue weighted by atomic mass is 15.1. The molecule has 0 amide bonds. The number of aromatic amines is 1. The zero-order chi connectivity index (χ0) is 14.8. The Hall–Kier alpha value is -2.63. The van der Waals surface area contributed by atoms with Gasteiger partial charge in [0.2, 0.25) is 0 Å². The van der Waals surface area contributed by atoms with E-state index < -0.39 is 0 Å². The Morgan fingerprint density at radius 3 is 2.59 bits per heavy atom. The van der Waals surface area contributed by atoms with Gasteiger partial charge in [0.25, 0.3) is 0 Å². The fourth-order valence-corrected chi connectivity index (χ4v) is 2.90. The van der Waals surface area contributed by atoms with Gasteiger partial charge >= 0.3 is 0 Å². The Balaban J connectivity index is 1.54. The molecule has 0 atom stereocenters. The number of rotatable bonds is 3. The first-order valence-electron chi connectivity index (χ1n) is 7.66. The van der Waals surface area contributed by atoms with Crippen molar-refractivity contribution in [2.24, 2.45) is 0 Å². The van der Waals surface area contributed by atoms with Gasteiger partial charge < -0.3 is 15.2 Å². The van der Waals surface area contributed by atoms with Crippen molar-refractivity contribution < 1.29 is 0 Å². The molecule has 6 heteroatoms. The van der Waals surface area contributed by atoms with Crippen molar-refractivity contribution >= 4 is 28.4 Å². The van der Waals surface area contributed by atoms with Crippen molar-refractivity contribution in [3.05, 3.63) is 36.9 Å². The van der Waals surface area contributed by atoms with Crippen LogP contribution in [0.2, 0.25) is 0 Å². The molecular formula is C16H18N6. The van der Waals surface area contributed by atoms with Crippen LogP contribution in [0.15, 0.2) is 36.9 Å². The summed E-state index contributed by atoms with van der Waals surface area (Å²) in [5.41, 5.74) is 3.79. The lowest BCUT2D eigenvalue weighted by molar-refractivity contribution is 0.578. The average Bonchev–Trinajstić information content (AvgIpc) is 3.06. The first-order chi connectivity index (χ1) is 10.9. The Bertz CT molecular complexity index is 758. The number of hydrogen-bond donors (Lipinski definition) is 2. The smallest absolute Gasteiger partial charge is 0.182 e. The lowest BCUT2D eigenvalue weighted by Gasteiger charge is -2.28. The maximum absolute atomic E-state index is 4.28. The number of fused-ring (bicyclic) bond motifs is 1. The molecular weight excluding hydrogens is 276 g/mol. The molecule has 1 saturated heterocycles. The minimum Gasteiger partial charge on any atom is -0.372 e. The Morgan fingerprint density at radius 2 is 1.77 bits per heavy atom. The van der Waals surface area contributed by atoms with Gasteiger partial charge in [-0.05, 0) is 43.5 Å². The van der Waals surface area contributed by atoms with E-state index in [1.807, 2.05) is 0 Å². The van der Waals surface area contributed by atoms with Gasteiger partial charge in [0.05, 0.1) is 6.33 Å². The maximum atomic E-state index is 4.28. The van der Waals surface area contributed by atoms with Gasteiger partial charge in [-0.15, -0.1) is 0 Å². The molecule has 0 bridgehead atoms. The number of nitrogens with one attached hydrogen (secondary N) is 2. The van der Waals surface area contributed by atoms with Gasteiger partial charge in [0, 0.05) is 24.5 Å². The van der Waals surface area contributed by atoms with Crippen molar-refractivity contribution in [3.8, 4) is 0 Å². The summed E-state index contributed by atoms with van der Waals surface area (Å²) in [7, 11) is 0. The van der Waals surface area contributed by atoms with Crippen LogP contribution in [0.25, 0.3) is 11.2 Å². The molecule has 2 aromatic heterocycles. The zero-order valence-electron chi connectivity index (χ0n) is 12.3. The summed E-state index contributed by atoms with van der Waals surface area (Å²) in [4.78, 5) is 18.1. The molecule has 1 fully saturated rings. The number of nitrogens with zero attached hydrogens (tertiary/aromatic N) is 4. The van der Waals surface area contributed by atoms with Crippen molar-refractivity contribution in [1.82, 2.24) is 19.9 Å². The lowest BCUT2D eigenvalue weighted by atomic mass is 10.1. The highest BCUT2D eigenvalue weighted by Gasteiger charge is 2.11. The normalized spacial score (nSPS) is 15.2. The molecule has 1 aliphatic rings. The Labute approximate surface area is 128 Å². The number of anilines is 3. The van der Waals surface area contributed by atoms with E-state index in [9.17, 15) is 0 Å². The SMILES string of the molecule is c1nc(Nc2ccc(N3CCCCC3)cc2)c2[nH]cnc2n1. The summed E-state index contributed by atoms with van der Waals surface area (Å²) in [5.74, 6) is 0.744. The molecule has 4 rings (SSSR count). The molecule has 0 saturated carbocycles. The van der Waals surface area contributed by atoms with Crippen LogP contribution in [0.4, 0.5) is 17.2 Å². The van der Waals surface area contributed by atoms with Crippen molar-refractivity contribution in [3.63, 3.8) is 0 Å². The zero-order valence-corrected chi connectivity index (χ0v) is 12.3. The molecule has 0 aliphatic carbocycles. The number of hydrogen-bond acceptors (Lipinski definition) is 5. The lowest BCUT2D eigenvalue weighted by Crippen LogP contribution is -2.29. The van der Waals surface area contributed by atoms with E-state index in [-0.39, 0.29) is 0 Å². The van der Waals surface area contributed by atoms with E-state index in [0.717, 1.165) is 30.1 Å². The fraction of sp³-hybridized carbons (Fsp3) is 0.312. The molecule has 2 N–H and O–H groups in total. The van der Waals surface area contributed by atoms with Gasteiger partial charge in [0.1, 0.15) is 11.8 Å². The van der Waals surface area contributed by atoms with Gasteiger partial charge in [-0.1, -0.05) is 0 Å². The van der Waals surface area contributed by atoms with Gasteiger partial charge in [-0.3, -0.25) is 0 Å². The average molecular weight is 294 g/mol. The number of benzene rings is 1. The summed E-state index contributed by atoms with van der Waals surface area (Å²) in [6, 6.07) is 8.51. The molecule has 3 aromatic rings. The number of piperidine rings is 1. The third-order valence-corrected chi connectivity index (χ3v) is 4.07.